The largest absolute Gasteiger partial charge is 0.312 e. The summed E-state index contributed by atoms with van der Waals surface area (Å²) in [5, 5.41) is 13.7. The van der Waals surface area contributed by atoms with Gasteiger partial charge in [-0.2, -0.15) is 0 Å². The van der Waals surface area contributed by atoms with Crippen LogP contribution < -0.4 is 10.6 Å². The number of carbonyl (C=O) groups excluding carboxylic acids is 1. The minimum Gasteiger partial charge on any atom is -0.312 e. The molecule has 1 saturated heterocycles. The maximum Gasteiger partial charge on any atom is 0.278 e. The summed E-state index contributed by atoms with van der Waals surface area (Å²) in [6.07, 6.45) is 2.89. The molecule has 2 N–H and O–H groups in total. The third-order valence-electron chi connectivity index (χ3n) is 2.75. The molecule has 98 valence electrons. The highest BCUT2D eigenvalue weighted by Gasteiger charge is 2.21. The van der Waals surface area contributed by atoms with Crippen LogP contribution in [-0.4, -0.2) is 44.0 Å². The topological polar surface area (TPSA) is 97.6 Å². The van der Waals surface area contributed by atoms with Gasteiger partial charge in [-0.15, -0.1) is 5.10 Å². The molecule has 0 saturated carbocycles. The Balaban J connectivity index is 1.71. The predicted octanol–water partition coefficient (Wildman–Crippen LogP) is 0.118. The summed E-state index contributed by atoms with van der Waals surface area (Å²) < 4.78 is 1.68. The van der Waals surface area contributed by atoms with Gasteiger partial charge in [0.2, 0.25) is 0 Å². The van der Waals surface area contributed by atoms with Crippen molar-refractivity contribution in [1.82, 2.24) is 30.3 Å². The second-order valence-corrected chi connectivity index (χ2v) is 4.46. The minimum absolute atomic E-state index is 0.238. The first-order valence-electron chi connectivity index (χ1n) is 5.64. The fraction of sp³-hybridized carbons (Fsp3) is 0.300. The van der Waals surface area contributed by atoms with E-state index in [1.54, 1.807) is 10.9 Å². The standard InChI is InChI=1S/C10H10ClN7O/c11-8-1-9(14-5-13-8)15-10(19)7-4-18(17-16-7)6-2-12-3-6/h1,4-6,12H,2-3H2,(H,13,14,15,19). The van der Waals surface area contributed by atoms with Gasteiger partial charge in [0.05, 0.1) is 12.2 Å². The van der Waals surface area contributed by atoms with E-state index >= 15 is 0 Å². The second kappa shape index (κ2) is 4.90. The van der Waals surface area contributed by atoms with Gasteiger partial charge in [0.15, 0.2) is 5.69 Å². The molecule has 0 atom stereocenters. The van der Waals surface area contributed by atoms with Crippen molar-refractivity contribution in [3.8, 4) is 0 Å². The maximum absolute atomic E-state index is 11.9. The number of hydrogen-bond acceptors (Lipinski definition) is 6. The molecule has 9 heteroatoms. The van der Waals surface area contributed by atoms with Crippen LogP contribution in [0.25, 0.3) is 0 Å². The fourth-order valence-electron chi connectivity index (χ4n) is 1.60. The molecule has 3 heterocycles. The summed E-state index contributed by atoms with van der Waals surface area (Å²) in [6.45, 7) is 1.68. The molecule has 1 fully saturated rings. The number of rotatable bonds is 3. The molecule has 3 rings (SSSR count). The van der Waals surface area contributed by atoms with Crippen molar-refractivity contribution in [2.75, 3.05) is 18.4 Å². The van der Waals surface area contributed by atoms with E-state index in [1.165, 1.54) is 12.4 Å². The van der Waals surface area contributed by atoms with E-state index in [1.807, 2.05) is 0 Å². The number of halogens is 1. The number of hydrogen-bond donors (Lipinski definition) is 2. The number of amides is 1. The van der Waals surface area contributed by atoms with Crippen molar-refractivity contribution in [2.45, 2.75) is 6.04 Å². The van der Waals surface area contributed by atoms with Crippen molar-refractivity contribution >= 4 is 23.3 Å². The van der Waals surface area contributed by atoms with E-state index in [2.05, 4.69) is 30.9 Å². The monoisotopic (exact) mass is 279 g/mol. The van der Waals surface area contributed by atoms with Crippen molar-refractivity contribution in [3.05, 3.63) is 29.4 Å². The first-order valence-corrected chi connectivity index (χ1v) is 6.01. The summed E-state index contributed by atoms with van der Waals surface area (Å²) in [5.74, 6) is -0.0573. The third kappa shape index (κ3) is 2.54. The second-order valence-electron chi connectivity index (χ2n) is 4.08. The van der Waals surface area contributed by atoms with Gasteiger partial charge in [-0.3, -0.25) is 4.79 Å². The molecule has 0 spiro atoms. The molecule has 19 heavy (non-hydrogen) atoms. The Morgan fingerprint density at radius 3 is 3.00 bits per heavy atom. The summed E-state index contributed by atoms with van der Waals surface area (Å²) >= 11 is 5.70. The lowest BCUT2D eigenvalue weighted by Crippen LogP contribution is -2.43. The van der Waals surface area contributed by atoms with Crippen molar-refractivity contribution in [2.24, 2.45) is 0 Å². The summed E-state index contributed by atoms with van der Waals surface area (Å²) in [4.78, 5) is 19.5. The van der Waals surface area contributed by atoms with Crippen LogP contribution in [0, 0.1) is 0 Å². The first kappa shape index (κ1) is 12.0. The van der Waals surface area contributed by atoms with Crippen molar-refractivity contribution < 1.29 is 4.79 Å². The average molecular weight is 280 g/mol. The first-order chi connectivity index (χ1) is 9.22. The van der Waals surface area contributed by atoms with Crippen molar-refractivity contribution in [1.29, 1.82) is 0 Å². The minimum atomic E-state index is -0.381. The molecule has 8 nitrogen and oxygen atoms in total. The Labute approximate surface area is 113 Å². The van der Waals surface area contributed by atoms with Crippen molar-refractivity contribution in [3.63, 3.8) is 0 Å². The third-order valence-corrected chi connectivity index (χ3v) is 2.96. The van der Waals surface area contributed by atoms with Gasteiger partial charge in [0, 0.05) is 19.2 Å². The zero-order chi connectivity index (χ0) is 13.2. The van der Waals surface area contributed by atoms with Crippen LogP contribution in [0.4, 0.5) is 5.82 Å². The zero-order valence-corrected chi connectivity index (χ0v) is 10.5. The highest BCUT2D eigenvalue weighted by molar-refractivity contribution is 6.29. The SMILES string of the molecule is O=C(Nc1cc(Cl)ncn1)c1cn(C2CNC2)nn1. The molecule has 1 aliphatic rings. The number of anilines is 1. The molecule has 0 unspecified atom stereocenters. The van der Waals surface area contributed by atoms with Gasteiger partial charge in [-0.1, -0.05) is 16.8 Å². The summed E-state index contributed by atoms with van der Waals surface area (Å²) in [5.41, 5.74) is 0.238. The van der Waals surface area contributed by atoms with Gasteiger partial charge in [-0.05, 0) is 0 Å². The average Bonchev–Trinajstić information content (AvgIpc) is 2.76. The molecule has 2 aromatic heterocycles. The Bertz CT molecular complexity index is 609. The Morgan fingerprint density at radius 2 is 2.32 bits per heavy atom. The molecule has 0 bridgehead atoms. The zero-order valence-electron chi connectivity index (χ0n) is 9.75. The maximum atomic E-state index is 11.9. The number of nitrogens with one attached hydrogen (secondary N) is 2. The smallest absolute Gasteiger partial charge is 0.278 e. The van der Waals surface area contributed by atoms with E-state index in [-0.39, 0.29) is 22.8 Å². The molecule has 1 aliphatic heterocycles. The lowest BCUT2D eigenvalue weighted by molar-refractivity contribution is 0.102. The molecule has 1 amide bonds. The lowest BCUT2D eigenvalue weighted by atomic mass is 10.2. The van der Waals surface area contributed by atoms with E-state index in [0.717, 1.165) is 13.1 Å². The van der Waals surface area contributed by atoms with Gasteiger partial charge in [0.25, 0.3) is 5.91 Å². The van der Waals surface area contributed by atoms with Gasteiger partial charge in [-0.25, -0.2) is 14.6 Å². The van der Waals surface area contributed by atoms with Crippen LogP contribution >= 0.6 is 11.6 Å². The van der Waals surface area contributed by atoms with Crippen LogP contribution in [0.1, 0.15) is 16.5 Å². The number of aromatic nitrogens is 5. The van der Waals surface area contributed by atoms with E-state index in [4.69, 9.17) is 11.6 Å². The van der Waals surface area contributed by atoms with E-state index < -0.39 is 0 Å². The van der Waals surface area contributed by atoms with Gasteiger partial charge < -0.3 is 10.6 Å². The van der Waals surface area contributed by atoms with E-state index in [0.29, 0.717) is 5.82 Å². The summed E-state index contributed by atoms with van der Waals surface area (Å²) in [6, 6.07) is 1.72. The number of nitrogens with zero attached hydrogens (tertiary/aromatic N) is 5. The Morgan fingerprint density at radius 1 is 1.47 bits per heavy atom. The normalized spacial score (nSPS) is 15.0. The van der Waals surface area contributed by atoms with Gasteiger partial charge in [0.1, 0.15) is 17.3 Å². The van der Waals surface area contributed by atoms with Gasteiger partial charge >= 0.3 is 0 Å². The molecule has 0 aromatic carbocycles. The van der Waals surface area contributed by atoms with E-state index in [9.17, 15) is 4.79 Å². The fourth-order valence-corrected chi connectivity index (χ4v) is 1.75. The highest BCUT2D eigenvalue weighted by atomic mass is 35.5. The van der Waals surface area contributed by atoms with Crippen LogP contribution in [-0.2, 0) is 0 Å². The summed E-state index contributed by atoms with van der Waals surface area (Å²) in [7, 11) is 0. The molecule has 0 aliphatic carbocycles. The van der Waals surface area contributed by atoms with Crippen LogP contribution in [0.2, 0.25) is 5.15 Å². The van der Waals surface area contributed by atoms with Crippen LogP contribution in [0.5, 0.6) is 0 Å². The highest BCUT2D eigenvalue weighted by Crippen LogP contribution is 2.12. The molecular weight excluding hydrogens is 270 g/mol. The van der Waals surface area contributed by atoms with Crippen LogP contribution in [0.15, 0.2) is 18.6 Å². The molecule has 0 radical (unpaired) electrons. The van der Waals surface area contributed by atoms with Crippen LogP contribution in [0.3, 0.4) is 0 Å². The predicted molar refractivity (Wildman–Crippen MR) is 66.9 cm³/mol. The quantitative estimate of drug-likeness (QED) is 0.775. The Kier molecular flexibility index (Phi) is 3.10. The Hall–Kier alpha value is -2.06. The lowest BCUT2D eigenvalue weighted by Gasteiger charge is -2.26. The molecular formula is C10H10ClN7O. The number of carbonyl (C=O) groups is 1. The molecule has 2 aromatic rings.